The average molecular weight is 256 g/mol. The van der Waals surface area contributed by atoms with Gasteiger partial charge in [0.05, 0.1) is 23.1 Å². The number of aliphatic hydroxyl groups is 1. The molecular formula is C15H16N2O2. The van der Waals surface area contributed by atoms with Crippen LogP contribution in [0.3, 0.4) is 0 Å². The van der Waals surface area contributed by atoms with Gasteiger partial charge in [0, 0.05) is 5.41 Å². The van der Waals surface area contributed by atoms with E-state index in [0.717, 1.165) is 11.4 Å². The van der Waals surface area contributed by atoms with E-state index < -0.39 is 11.5 Å². The third kappa shape index (κ3) is 1.79. The highest BCUT2D eigenvalue weighted by atomic mass is 16.3. The number of para-hydroxylation sites is 1. The minimum atomic E-state index is -0.951. The van der Waals surface area contributed by atoms with Crippen molar-refractivity contribution < 1.29 is 9.90 Å². The van der Waals surface area contributed by atoms with Crippen molar-refractivity contribution in [2.24, 2.45) is 5.41 Å². The molecule has 3 rings (SSSR count). The normalized spacial score (nSPS) is 21.2. The van der Waals surface area contributed by atoms with Gasteiger partial charge in [-0.1, -0.05) is 32.0 Å². The van der Waals surface area contributed by atoms with Crippen LogP contribution in [-0.2, 0) is 6.42 Å². The fraction of sp³-hybridized carbons (Fsp3) is 0.333. The van der Waals surface area contributed by atoms with Crippen LogP contribution in [0.15, 0.2) is 36.5 Å². The van der Waals surface area contributed by atoms with Crippen LogP contribution in [0.5, 0.6) is 0 Å². The molecule has 0 amide bonds. The van der Waals surface area contributed by atoms with Crippen molar-refractivity contribution in [3.05, 3.63) is 47.8 Å². The lowest BCUT2D eigenvalue weighted by atomic mass is 9.74. The number of nitrogens with zero attached hydrogens (tertiary/aromatic N) is 2. The lowest BCUT2D eigenvalue weighted by Crippen LogP contribution is -2.42. The van der Waals surface area contributed by atoms with Crippen LogP contribution in [0, 0.1) is 5.41 Å². The number of aromatic nitrogens is 2. The zero-order valence-corrected chi connectivity index (χ0v) is 11.0. The lowest BCUT2D eigenvalue weighted by Gasteiger charge is -2.33. The van der Waals surface area contributed by atoms with Gasteiger partial charge in [-0.3, -0.25) is 4.79 Å². The first-order valence-electron chi connectivity index (χ1n) is 6.35. The van der Waals surface area contributed by atoms with E-state index >= 15 is 0 Å². The van der Waals surface area contributed by atoms with Gasteiger partial charge in [0.2, 0.25) is 0 Å². The van der Waals surface area contributed by atoms with Crippen LogP contribution in [0.2, 0.25) is 0 Å². The summed E-state index contributed by atoms with van der Waals surface area (Å²) in [4.78, 5) is 12.2. The molecule has 1 aliphatic rings. The summed E-state index contributed by atoms with van der Waals surface area (Å²) in [6.45, 7) is 3.81. The highest BCUT2D eigenvalue weighted by Gasteiger charge is 2.42. The van der Waals surface area contributed by atoms with Crippen molar-refractivity contribution in [1.29, 1.82) is 0 Å². The van der Waals surface area contributed by atoms with E-state index in [1.807, 2.05) is 44.2 Å². The molecule has 2 aromatic rings. The van der Waals surface area contributed by atoms with Crippen LogP contribution in [0.4, 0.5) is 0 Å². The summed E-state index contributed by atoms with van der Waals surface area (Å²) in [5.74, 6) is -0.228. The lowest BCUT2D eigenvalue weighted by molar-refractivity contribution is 0.0333. The highest BCUT2D eigenvalue weighted by molar-refractivity contribution is 6.01. The van der Waals surface area contributed by atoms with Gasteiger partial charge in [-0.15, -0.1) is 0 Å². The third-order valence-electron chi connectivity index (χ3n) is 3.75. The van der Waals surface area contributed by atoms with Crippen molar-refractivity contribution in [2.45, 2.75) is 26.4 Å². The summed E-state index contributed by atoms with van der Waals surface area (Å²) < 4.78 is 1.79. The molecule has 98 valence electrons. The number of carbonyl (C=O) groups is 1. The van der Waals surface area contributed by atoms with E-state index in [9.17, 15) is 9.90 Å². The fourth-order valence-electron chi connectivity index (χ4n) is 2.57. The number of hydrogen-bond donors (Lipinski definition) is 1. The van der Waals surface area contributed by atoms with E-state index in [0.29, 0.717) is 12.0 Å². The smallest absolute Gasteiger partial charge is 0.195 e. The predicted molar refractivity (Wildman–Crippen MR) is 71.4 cm³/mol. The largest absolute Gasteiger partial charge is 0.384 e. The summed E-state index contributed by atoms with van der Waals surface area (Å²) in [6, 6.07) is 9.73. The van der Waals surface area contributed by atoms with Gasteiger partial charge < -0.3 is 5.11 Å². The molecule has 0 aliphatic heterocycles. The first-order chi connectivity index (χ1) is 9.00. The molecule has 4 heteroatoms. The monoisotopic (exact) mass is 256 g/mol. The number of hydrogen-bond acceptors (Lipinski definition) is 3. The van der Waals surface area contributed by atoms with E-state index in [1.54, 1.807) is 10.9 Å². The topological polar surface area (TPSA) is 55.1 Å². The Morgan fingerprint density at radius 1 is 1.32 bits per heavy atom. The summed E-state index contributed by atoms with van der Waals surface area (Å²) >= 11 is 0. The van der Waals surface area contributed by atoms with Gasteiger partial charge in [-0.2, -0.15) is 5.10 Å². The van der Waals surface area contributed by atoms with Crippen LogP contribution in [0.25, 0.3) is 5.69 Å². The molecule has 1 heterocycles. The van der Waals surface area contributed by atoms with Crippen molar-refractivity contribution in [2.75, 3.05) is 0 Å². The Balaban J connectivity index is 2.15. The SMILES string of the molecule is CC1(C)Cc2c(cnn2-c2ccccc2)C(=O)C1O. The number of Topliss-reactive ketones (excluding diaryl/α,β-unsaturated/α-hetero) is 1. The van der Waals surface area contributed by atoms with E-state index in [4.69, 9.17) is 0 Å². The predicted octanol–water partition coefficient (Wildman–Crippen LogP) is 2.00. The molecular weight excluding hydrogens is 240 g/mol. The van der Waals surface area contributed by atoms with E-state index in [2.05, 4.69) is 5.10 Å². The maximum atomic E-state index is 12.2. The average Bonchev–Trinajstić information content (AvgIpc) is 2.80. The molecule has 1 aromatic carbocycles. The Morgan fingerprint density at radius 3 is 2.68 bits per heavy atom. The number of aliphatic hydroxyl groups excluding tert-OH is 1. The second-order valence-electron chi connectivity index (χ2n) is 5.68. The number of fused-ring (bicyclic) bond motifs is 1. The molecule has 1 aromatic heterocycles. The second-order valence-corrected chi connectivity index (χ2v) is 5.68. The summed E-state index contributed by atoms with van der Waals surface area (Å²) in [6.07, 6.45) is 1.24. The Labute approximate surface area is 111 Å². The van der Waals surface area contributed by atoms with Gasteiger partial charge in [0.15, 0.2) is 5.78 Å². The van der Waals surface area contributed by atoms with Crippen LogP contribution >= 0.6 is 0 Å². The highest BCUT2D eigenvalue weighted by Crippen LogP contribution is 2.35. The zero-order valence-electron chi connectivity index (χ0n) is 11.0. The molecule has 1 atom stereocenters. The first-order valence-corrected chi connectivity index (χ1v) is 6.35. The van der Waals surface area contributed by atoms with Crippen molar-refractivity contribution in [1.82, 2.24) is 9.78 Å². The molecule has 1 aliphatic carbocycles. The molecule has 0 saturated carbocycles. The van der Waals surface area contributed by atoms with Gasteiger partial charge in [0.1, 0.15) is 6.10 Å². The van der Waals surface area contributed by atoms with E-state index in [1.165, 1.54) is 0 Å². The summed E-state index contributed by atoms with van der Waals surface area (Å²) in [7, 11) is 0. The van der Waals surface area contributed by atoms with Gasteiger partial charge in [-0.05, 0) is 18.6 Å². The number of carbonyl (C=O) groups excluding carboxylic acids is 1. The standard InChI is InChI=1S/C15H16N2O2/c1-15(2)8-12-11(13(18)14(15)19)9-16-17(12)10-6-4-3-5-7-10/h3-7,9,14,19H,8H2,1-2H3. The maximum Gasteiger partial charge on any atom is 0.195 e. The van der Waals surface area contributed by atoms with Crippen LogP contribution < -0.4 is 0 Å². The maximum absolute atomic E-state index is 12.2. The molecule has 0 radical (unpaired) electrons. The Kier molecular flexibility index (Phi) is 2.57. The van der Waals surface area contributed by atoms with Crippen molar-refractivity contribution in [3.8, 4) is 5.69 Å². The number of benzene rings is 1. The fourth-order valence-corrected chi connectivity index (χ4v) is 2.57. The summed E-state index contributed by atoms with van der Waals surface area (Å²) in [5.41, 5.74) is 1.89. The Hall–Kier alpha value is -1.94. The number of ketones is 1. The van der Waals surface area contributed by atoms with Gasteiger partial charge >= 0.3 is 0 Å². The minimum absolute atomic E-state index is 0.228. The molecule has 19 heavy (non-hydrogen) atoms. The molecule has 4 nitrogen and oxygen atoms in total. The molecule has 0 bridgehead atoms. The molecule has 1 N–H and O–H groups in total. The minimum Gasteiger partial charge on any atom is -0.384 e. The van der Waals surface area contributed by atoms with Crippen LogP contribution in [0.1, 0.15) is 29.9 Å². The molecule has 0 fully saturated rings. The number of rotatable bonds is 1. The van der Waals surface area contributed by atoms with E-state index in [-0.39, 0.29) is 5.78 Å². The van der Waals surface area contributed by atoms with Crippen LogP contribution in [-0.4, -0.2) is 26.8 Å². The zero-order chi connectivity index (χ0) is 13.6. The quantitative estimate of drug-likeness (QED) is 0.849. The molecule has 1 unspecified atom stereocenters. The molecule has 0 saturated heterocycles. The van der Waals surface area contributed by atoms with Crippen molar-refractivity contribution in [3.63, 3.8) is 0 Å². The van der Waals surface area contributed by atoms with Gasteiger partial charge in [-0.25, -0.2) is 4.68 Å². The Bertz CT molecular complexity index is 629. The summed E-state index contributed by atoms with van der Waals surface area (Å²) in [5, 5.41) is 14.3. The van der Waals surface area contributed by atoms with Gasteiger partial charge in [0.25, 0.3) is 0 Å². The third-order valence-corrected chi connectivity index (χ3v) is 3.75. The first kappa shape index (κ1) is 12.1. The molecule has 0 spiro atoms. The van der Waals surface area contributed by atoms with Crippen molar-refractivity contribution >= 4 is 5.78 Å². The Morgan fingerprint density at radius 2 is 2.00 bits per heavy atom. The second kappa shape index (κ2) is 4.03.